The summed E-state index contributed by atoms with van der Waals surface area (Å²) in [6.07, 6.45) is 3.87. The van der Waals surface area contributed by atoms with Crippen LogP contribution in [0.4, 0.5) is 8.78 Å². The summed E-state index contributed by atoms with van der Waals surface area (Å²) in [6, 6.07) is 8.46. The van der Waals surface area contributed by atoms with Gasteiger partial charge in [0, 0.05) is 38.2 Å². The first-order chi connectivity index (χ1) is 23.2. The van der Waals surface area contributed by atoms with Crippen LogP contribution in [-0.4, -0.2) is 69.4 Å². The largest absolute Gasteiger partial charge is 0.619 e. The van der Waals surface area contributed by atoms with Crippen molar-refractivity contribution in [1.82, 2.24) is 9.21 Å². The molecule has 0 radical (unpaired) electrons. The molecule has 49 heavy (non-hydrogen) atoms. The number of piperidine rings is 1. The van der Waals surface area contributed by atoms with Crippen LogP contribution in [0.15, 0.2) is 59.8 Å². The van der Waals surface area contributed by atoms with E-state index in [1.165, 1.54) is 47.4 Å². The Morgan fingerprint density at radius 3 is 2.41 bits per heavy atom. The van der Waals surface area contributed by atoms with Crippen LogP contribution < -0.4 is 14.2 Å². The molecule has 2 fully saturated rings. The standard InChI is InChI=1S/C33H35Cl2F2N3O8S/c1-38(2)31(41)22-6-5-7-23(14-22)49(44,45)40-13-4-3-8-27(40)32(42)47-29(16-24-25(34)17-39(43)18-26(24)35)21-11-12-28(48-33(36)37)30(15-21)46-19-20-9-10-20/h5-7,11-12,14-15,17-18,20,27,29,33H,3-4,8-10,13,16,19H2,1-2H3. The SMILES string of the molecule is CN(C)C(=O)c1cccc(S(=O)(=O)N2CCCCC2C(=O)OC(Cc2c(Cl)c[n+]([O-])cc2Cl)c2ccc(OC(F)F)c(OCC3CC3)c2)c1. The Morgan fingerprint density at radius 1 is 1.04 bits per heavy atom. The first kappa shape index (κ1) is 36.6. The van der Waals surface area contributed by atoms with Gasteiger partial charge in [-0.2, -0.15) is 17.8 Å². The molecule has 2 atom stereocenters. The number of benzene rings is 2. The highest BCUT2D eigenvalue weighted by atomic mass is 35.5. The number of sulfonamides is 1. The Labute approximate surface area is 292 Å². The average Bonchev–Trinajstić information content (AvgIpc) is 3.89. The summed E-state index contributed by atoms with van der Waals surface area (Å²) in [6.45, 7) is -2.83. The number of hydrogen-bond acceptors (Lipinski definition) is 8. The fourth-order valence-corrected chi connectivity index (χ4v) is 7.78. The van der Waals surface area contributed by atoms with Crippen molar-refractivity contribution >= 4 is 45.1 Å². The van der Waals surface area contributed by atoms with Crippen molar-refractivity contribution in [2.45, 2.75) is 62.2 Å². The predicted molar refractivity (Wildman–Crippen MR) is 175 cm³/mol. The van der Waals surface area contributed by atoms with Crippen LogP contribution >= 0.6 is 23.2 Å². The number of ether oxygens (including phenoxy) is 3. The van der Waals surface area contributed by atoms with Gasteiger partial charge in [-0.05, 0) is 73.9 Å². The first-order valence-electron chi connectivity index (χ1n) is 15.6. The van der Waals surface area contributed by atoms with Crippen molar-refractivity contribution in [3.05, 3.63) is 86.8 Å². The second-order valence-corrected chi connectivity index (χ2v) is 14.8. The lowest BCUT2D eigenvalue weighted by Gasteiger charge is -2.34. The van der Waals surface area contributed by atoms with E-state index in [2.05, 4.69) is 4.74 Å². The zero-order chi connectivity index (χ0) is 35.5. The summed E-state index contributed by atoms with van der Waals surface area (Å²) < 4.78 is 72.4. The van der Waals surface area contributed by atoms with E-state index in [4.69, 9.17) is 32.7 Å². The Bertz CT molecular complexity index is 1790. The quantitative estimate of drug-likeness (QED) is 0.122. The Hall–Kier alpha value is -3.72. The number of esters is 1. The van der Waals surface area contributed by atoms with Gasteiger partial charge in [0.2, 0.25) is 10.0 Å². The lowest BCUT2D eigenvalue weighted by atomic mass is 10.0. The molecule has 0 spiro atoms. The third-order valence-corrected chi connectivity index (χ3v) is 10.8. The maximum atomic E-state index is 14.0. The molecular weight excluding hydrogens is 707 g/mol. The highest BCUT2D eigenvalue weighted by molar-refractivity contribution is 7.89. The fraction of sp³-hybridized carbons (Fsp3) is 0.424. The third kappa shape index (κ3) is 8.91. The molecule has 1 aliphatic heterocycles. The zero-order valence-electron chi connectivity index (χ0n) is 26.7. The molecule has 2 heterocycles. The van der Waals surface area contributed by atoms with Crippen molar-refractivity contribution in [3.63, 3.8) is 0 Å². The highest BCUT2D eigenvalue weighted by Gasteiger charge is 2.40. The minimum Gasteiger partial charge on any atom is -0.619 e. The maximum absolute atomic E-state index is 14.0. The number of aromatic nitrogens is 1. The van der Waals surface area contributed by atoms with E-state index >= 15 is 0 Å². The monoisotopic (exact) mass is 741 g/mol. The number of amides is 1. The highest BCUT2D eigenvalue weighted by Crippen LogP contribution is 2.38. The summed E-state index contributed by atoms with van der Waals surface area (Å²) in [5, 5.41) is 11.9. The second-order valence-electron chi connectivity index (χ2n) is 12.1. The molecule has 0 N–H and O–H groups in total. The van der Waals surface area contributed by atoms with Crippen molar-refractivity contribution in [3.8, 4) is 11.5 Å². The number of rotatable bonds is 13. The summed E-state index contributed by atoms with van der Waals surface area (Å²) in [7, 11) is -1.18. The van der Waals surface area contributed by atoms with Crippen LogP contribution in [0.3, 0.4) is 0 Å². The van der Waals surface area contributed by atoms with Gasteiger partial charge in [0.05, 0.1) is 11.5 Å². The van der Waals surface area contributed by atoms with Gasteiger partial charge < -0.3 is 24.3 Å². The Balaban J connectivity index is 1.49. The molecule has 2 aromatic carbocycles. The van der Waals surface area contributed by atoms with Gasteiger partial charge in [0.25, 0.3) is 5.91 Å². The number of halogens is 4. The van der Waals surface area contributed by atoms with E-state index in [-0.39, 0.29) is 75.4 Å². The van der Waals surface area contributed by atoms with Crippen LogP contribution in [0.5, 0.6) is 11.5 Å². The number of nitrogens with zero attached hydrogens (tertiary/aromatic N) is 3. The number of pyridine rings is 1. The van der Waals surface area contributed by atoms with Crippen molar-refractivity contribution in [2.24, 2.45) is 5.92 Å². The number of carbonyl (C=O) groups excluding carboxylic acids is 2. The average molecular weight is 743 g/mol. The van der Waals surface area contributed by atoms with E-state index < -0.39 is 34.7 Å². The van der Waals surface area contributed by atoms with Crippen molar-refractivity contribution < 1.29 is 45.7 Å². The summed E-state index contributed by atoms with van der Waals surface area (Å²) in [4.78, 5) is 27.7. The Kier molecular flexibility index (Phi) is 11.5. The summed E-state index contributed by atoms with van der Waals surface area (Å²) >= 11 is 12.7. The van der Waals surface area contributed by atoms with Gasteiger partial charge in [-0.1, -0.05) is 35.3 Å². The zero-order valence-corrected chi connectivity index (χ0v) is 29.0. The molecule has 16 heteroatoms. The molecule has 5 rings (SSSR count). The van der Waals surface area contributed by atoms with Gasteiger partial charge in [0.1, 0.15) is 22.2 Å². The number of carbonyl (C=O) groups is 2. The third-order valence-electron chi connectivity index (χ3n) is 8.25. The van der Waals surface area contributed by atoms with E-state index in [1.54, 1.807) is 14.1 Å². The summed E-state index contributed by atoms with van der Waals surface area (Å²) in [5.74, 6) is -1.20. The normalized spacial score (nSPS) is 17.4. The van der Waals surface area contributed by atoms with E-state index in [0.29, 0.717) is 23.1 Å². The molecule has 0 bridgehead atoms. The van der Waals surface area contributed by atoms with Gasteiger partial charge in [-0.15, -0.1) is 0 Å². The van der Waals surface area contributed by atoms with Crippen LogP contribution in [0.2, 0.25) is 10.0 Å². The van der Waals surface area contributed by atoms with Crippen LogP contribution in [-0.2, 0) is 26.0 Å². The molecule has 1 saturated heterocycles. The smallest absolute Gasteiger partial charge is 0.387 e. The second kappa shape index (κ2) is 15.4. The minimum absolute atomic E-state index is 0.00225. The van der Waals surface area contributed by atoms with E-state index in [0.717, 1.165) is 29.5 Å². The van der Waals surface area contributed by atoms with Crippen LogP contribution in [0, 0.1) is 11.1 Å². The molecule has 3 aromatic rings. The molecule has 2 unspecified atom stereocenters. The van der Waals surface area contributed by atoms with Crippen LogP contribution in [0.1, 0.15) is 59.7 Å². The molecule has 1 amide bonds. The molecule has 1 saturated carbocycles. The molecule has 1 aromatic heterocycles. The van der Waals surface area contributed by atoms with Gasteiger partial charge in [0.15, 0.2) is 23.9 Å². The van der Waals surface area contributed by atoms with Gasteiger partial charge >= 0.3 is 12.6 Å². The minimum atomic E-state index is -4.27. The van der Waals surface area contributed by atoms with Gasteiger partial charge in [-0.3, -0.25) is 9.59 Å². The molecule has 11 nitrogen and oxygen atoms in total. The lowest BCUT2D eigenvalue weighted by Crippen LogP contribution is -2.48. The number of alkyl halides is 2. The molecule has 1 aliphatic carbocycles. The predicted octanol–water partition coefficient (Wildman–Crippen LogP) is 5.79. The fourth-order valence-electron chi connectivity index (χ4n) is 5.49. The summed E-state index contributed by atoms with van der Waals surface area (Å²) in [5.41, 5.74) is 0.723. The lowest BCUT2D eigenvalue weighted by molar-refractivity contribution is -0.605. The maximum Gasteiger partial charge on any atom is 0.387 e. The van der Waals surface area contributed by atoms with Crippen molar-refractivity contribution in [2.75, 3.05) is 27.2 Å². The van der Waals surface area contributed by atoms with E-state index in [1.807, 2.05) is 0 Å². The van der Waals surface area contributed by atoms with Crippen LogP contribution in [0.25, 0.3) is 0 Å². The van der Waals surface area contributed by atoms with Gasteiger partial charge in [-0.25, -0.2) is 8.42 Å². The first-order valence-corrected chi connectivity index (χ1v) is 17.8. The number of hydrogen-bond donors (Lipinski definition) is 0. The Morgan fingerprint density at radius 2 is 1.76 bits per heavy atom. The molecule has 264 valence electrons. The molecular formula is C33H35Cl2F2N3O8S. The topological polar surface area (TPSA) is 129 Å². The van der Waals surface area contributed by atoms with Crippen molar-refractivity contribution in [1.29, 1.82) is 0 Å². The molecule has 2 aliphatic rings. The van der Waals surface area contributed by atoms with E-state index in [9.17, 15) is 32.0 Å².